The second-order valence-electron chi connectivity index (χ2n) is 4.83. The maximum absolute atomic E-state index is 11.5. The van der Waals surface area contributed by atoms with Gasteiger partial charge in [-0.05, 0) is 36.8 Å². The molecule has 3 rings (SSSR count). The van der Waals surface area contributed by atoms with E-state index >= 15 is 0 Å². The Labute approximate surface area is 128 Å². The van der Waals surface area contributed by atoms with Crippen LogP contribution in [0.1, 0.15) is 17.3 Å². The van der Waals surface area contributed by atoms with Crippen LogP contribution in [0.4, 0.5) is 0 Å². The van der Waals surface area contributed by atoms with E-state index in [-0.39, 0.29) is 5.56 Å². The van der Waals surface area contributed by atoms with Gasteiger partial charge < -0.3 is 9.84 Å². The summed E-state index contributed by atoms with van der Waals surface area (Å²) in [5.41, 5.74) is 2.37. The fraction of sp³-hybridized carbons (Fsp3) is 0.111. The lowest BCUT2D eigenvalue weighted by molar-refractivity contribution is 0.0699. The molecular weight excluding hydrogens is 278 g/mol. The number of carboxylic acids is 1. The van der Waals surface area contributed by atoms with Gasteiger partial charge in [0.05, 0.1) is 17.7 Å². The van der Waals surface area contributed by atoms with Gasteiger partial charge in [-0.2, -0.15) is 0 Å². The molecule has 3 aromatic rings. The largest absolute Gasteiger partial charge is 0.493 e. The number of aromatic nitrogens is 1. The molecule has 2 aromatic carbocycles. The monoisotopic (exact) mass is 293 g/mol. The highest BCUT2D eigenvalue weighted by Crippen LogP contribution is 2.33. The summed E-state index contributed by atoms with van der Waals surface area (Å²) in [5.74, 6) is -0.246. The van der Waals surface area contributed by atoms with E-state index in [9.17, 15) is 9.90 Å². The minimum Gasteiger partial charge on any atom is -0.493 e. The lowest BCUT2D eigenvalue weighted by Crippen LogP contribution is -2.00. The topological polar surface area (TPSA) is 59.4 Å². The summed E-state index contributed by atoms with van der Waals surface area (Å²) in [4.78, 5) is 15.7. The van der Waals surface area contributed by atoms with E-state index in [0.29, 0.717) is 12.1 Å². The van der Waals surface area contributed by atoms with Gasteiger partial charge in [0.25, 0.3) is 0 Å². The van der Waals surface area contributed by atoms with E-state index in [1.54, 1.807) is 18.3 Å². The van der Waals surface area contributed by atoms with Crippen molar-refractivity contribution in [3.05, 3.63) is 60.3 Å². The number of hydrogen-bond donors (Lipinski definition) is 1. The quantitative estimate of drug-likeness (QED) is 0.790. The SMILES string of the molecule is CCOc1ccccc1-c1cc(C(=O)O)c2ncccc2c1. The molecule has 0 aliphatic rings. The average Bonchev–Trinajstić information content (AvgIpc) is 2.54. The predicted molar refractivity (Wildman–Crippen MR) is 85.3 cm³/mol. The molecule has 0 spiro atoms. The maximum atomic E-state index is 11.5. The van der Waals surface area contributed by atoms with Crippen LogP contribution < -0.4 is 4.74 Å². The van der Waals surface area contributed by atoms with Crippen molar-refractivity contribution in [1.82, 2.24) is 4.98 Å². The molecule has 1 heterocycles. The van der Waals surface area contributed by atoms with Crippen LogP contribution in [-0.2, 0) is 0 Å². The fourth-order valence-corrected chi connectivity index (χ4v) is 2.50. The van der Waals surface area contributed by atoms with E-state index in [4.69, 9.17) is 4.74 Å². The second-order valence-corrected chi connectivity index (χ2v) is 4.83. The van der Waals surface area contributed by atoms with Crippen molar-refractivity contribution < 1.29 is 14.6 Å². The third kappa shape index (κ3) is 2.51. The molecule has 0 amide bonds. The maximum Gasteiger partial charge on any atom is 0.337 e. The zero-order chi connectivity index (χ0) is 15.5. The number of carbonyl (C=O) groups is 1. The molecule has 1 N–H and O–H groups in total. The zero-order valence-electron chi connectivity index (χ0n) is 12.1. The normalized spacial score (nSPS) is 10.6. The van der Waals surface area contributed by atoms with Gasteiger partial charge in [0.1, 0.15) is 5.75 Å². The van der Waals surface area contributed by atoms with E-state index in [0.717, 1.165) is 22.3 Å². The summed E-state index contributed by atoms with van der Waals surface area (Å²) in [5, 5.41) is 10.3. The van der Waals surface area contributed by atoms with Crippen LogP contribution in [0.15, 0.2) is 54.7 Å². The van der Waals surface area contributed by atoms with Crippen molar-refractivity contribution in [2.24, 2.45) is 0 Å². The molecule has 0 saturated heterocycles. The van der Waals surface area contributed by atoms with Gasteiger partial charge in [0.15, 0.2) is 0 Å². The van der Waals surface area contributed by atoms with Crippen LogP contribution >= 0.6 is 0 Å². The predicted octanol–water partition coefficient (Wildman–Crippen LogP) is 4.00. The third-order valence-electron chi connectivity index (χ3n) is 3.43. The Kier molecular flexibility index (Phi) is 3.74. The van der Waals surface area contributed by atoms with Crippen LogP contribution in [0.3, 0.4) is 0 Å². The summed E-state index contributed by atoms with van der Waals surface area (Å²) >= 11 is 0. The number of nitrogens with zero attached hydrogens (tertiary/aromatic N) is 1. The van der Waals surface area contributed by atoms with E-state index in [1.807, 2.05) is 43.3 Å². The number of ether oxygens (including phenoxy) is 1. The first-order valence-electron chi connectivity index (χ1n) is 7.05. The molecular formula is C18H15NO3. The molecule has 22 heavy (non-hydrogen) atoms. The number of fused-ring (bicyclic) bond motifs is 1. The molecule has 4 nitrogen and oxygen atoms in total. The Balaban J connectivity index is 2.26. The molecule has 0 unspecified atom stereocenters. The number of hydrogen-bond acceptors (Lipinski definition) is 3. The van der Waals surface area contributed by atoms with Crippen molar-refractivity contribution in [2.75, 3.05) is 6.61 Å². The second kappa shape index (κ2) is 5.85. The molecule has 0 bridgehead atoms. The number of carboxylic acid groups (broad SMARTS) is 1. The Bertz CT molecular complexity index is 843. The smallest absolute Gasteiger partial charge is 0.337 e. The van der Waals surface area contributed by atoms with E-state index < -0.39 is 5.97 Å². The highest BCUT2D eigenvalue weighted by molar-refractivity contribution is 6.04. The molecule has 0 atom stereocenters. The Morgan fingerprint density at radius 1 is 1.18 bits per heavy atom. The summed E-state index contributed by atoms with van der Waals surface area (Å²) in [7, 11) is 0. The highest BCUT2D eigenvalue weighted by atomic mass is 16.5. The fourth-order valence-electron chi connectivity index (χ4n) is 2.50. The number of para-hydroxylation sites is 1. The lowest BCUT2D eigenvalue weighted by Gasteiger charge is -2.12. The minimum atomic E-state index is -0.987. The minimum absolute atomic E-state index is 0.194. The van der Waals surface area contributed by atoms with Gasteiger partial charge >= 0.3 is 5.97 Å². The van der Waals surface area contributed by atoms with Crippen molar-refractivity contribution in [3.8, 4) is 16.9 Å². The van der Waals surface area contributed by atoms with Crippen molar-refractivity contribution in [3.63, 3.8) is 0 Å². The summed E-state index contributed by atoms with van der Waals surface area (Å²) in [6.07, 6.45) is 1.60. The first-order valence-corrected chi connectivity index (χ1v) is 7.05. The molecule has 0 aliphatic carbocycles. The van der Waals surface area contributed by atoms with Gasteiger partial charge in [-0.25, -0.2) is 4.79 Å². The van der Waals surface area contributed by atoms with Crippen LogP contribution in [0, 0.1) is 0 Å². The summed E-state index contributed by atoms with van der Waals surface area (Å²) in [6.45, 7) is 2.47. The Morgan fingerprint density at radius 3 is 2.77 bits per heavy atom. The molecule has 0 aliphatic heterocycles. The highest BCUT2D eigenvalue weighted by Gasteiger charge is 2.14. The lowest BCUT2D eigenvalue weighted by atomic mass is 9.99. The van der Waals surface area contributed by atoms with E-state index in [2.05, 4.69) is 4.98 Å². The van der Waals surface area contributed by atoms with Gasteiger partial charge in [-0.3, -0.25) is 4.98 Å². The van der Waals surface area contributed by atoms with Crippen LogP contribution in [0.25, 0.3) is 22.0 Å². The van der Waals surface area contributed by atoms with Crippen molar-refractivity contribution >= 4 is 16.9 Å². The van der Waals surface area contributed by atoms with Gasteiger partial charge in [0, 0.05) is 17.1 Å². The van der Waals surface area contributed by atoms with Gasteiger partial charge in [0.2, 0.25) is 0 Å². The van der Waals surface area contributed by atoms with E-state index in [1.165, 1.54) is 0 Å². The number of benzene rings is 2. The van der Waals surface area contributed by atoms with Crippen LogP contribution in [0.2, 0.25) is 0 Å². The molecule has 0 fully saturated rings. The third-order valence-corrected chi connectivity index (χ3v) is 3.43. The zero-order valence-corrected chi connectivity index (χ0v) is 12.1. The molecule has 0 radical (unpaired) electrons. The van der Waals surface area contributed by atoms with Crippen LogP contribution in [-0.4, -0.2) is 22.7 Å². The van der Waals surface area contributed by atoms with Gasteiger partial charge in [-0.15, -0.1) is 0 Å². The van der Waals surface area contributed by atoms with Crippen molar-refractivity contribution in [2.45, 2.75) is 6.92 Å². The molecule has 110 valence electrons. The Hall–Kier alpha value is -2.88. The van der Waals surface area contributed by atoms with Gasteiger partial charge in [-0.1, -0.05) is 24.3 Å². The molecule has 4 heteroatoms. The summed E-state index contributed by atoms with van der Waals surface area (Å²) < 4.78 is 5.64. The first-order chi connectivity index (χ1) is 10.7. The Morgan fingerprint density at radius 2 is 2.00 bits per heavy atom. The number of rotatable bonds is 4. The first kappa shape index (κ1) is 14.1. The molecule has 1 aromatic heterocycles. The number of pyridine rings is 1. The van der Waals surface area contributed by atoms with Crippen molar-refractivity contribution in [1.29, 1.82) is 0 Å². The average molecular weight is 293 g/mol. The van der Waals surface area contributed by atoms with Crippen LogP contribution in [0.5, 0.6) is 5.75 Å². The standard InChI is InChI=1S/C18H15NO3/c1-2-22-16-8-4-3-7-14(16)13-10-12-6-5-9-19-17(12)15(11-13)18(20)21/h3-11H,2H2,1H3,(H,20,21). The summed E-state index contributed by atoms with van der Waals surface area (Å²) in [6, 6.07) is 14.9. The number of aromatic carboxylic acids is 1. The molecule has 0 saturated carbocycles.